The average molecular weight is 352 g/mol. The topological polar surface area (TPSA) is 55.4 Å². The van der Waals surface area contributed by atoms with Crippen molar-refractivity contribution in [3.63, 3.8) is 0 Å². The Morgan fingerprint density at radius 1 is 0.750 bits per heavy atom. The van der Waals surface area contributed by atoms with Gasteiger partial charge < -0.3 is 10.1 Å². The summed E-state index contributed by atoms with van der Waals surface area (Å²) in [6.45, 7) is 2.24. The Kier molecular flexibility index (Phi) is 22.9. The van der Waals surface area contributed by atoms with Gasteiger partial charge in [0, 0.05) is 6.42 Å². The summed E-state index contributed by atoms with van der Waals surface area (Å²) in [6.07, 6.45) is 17.4. The Hall–Kier alpha value is -0.0600. The maximum atomic E-state index is 11.4. The average Bonchev–Trinajstić information content (AvgIpc) is 2.56. The van der Waals surface area contributed by atoms with Gasteiger partial charge >= 0.3 is 35.5 Å². The molecule has 0 bridgehead atoms. The third-order valence-corrected chi connectivity index (χ3v) is 4.16. The van der Waals surface area contributed by atoms with Crippen LogP contribution in [0.4, 0.5) is 0 Å². The van der Waals surface area contributed by atoms with E-state index in [9.17, 15) is 9.59 Å². The molecule has 0 spiro atoms. The molecule has 0 aromatic carbocycles. The fourth-order valence-corrected chi connectivity index (χ4v) is 2.63. The van der Waals surface area contributed by atoms with Crippen LogP contribution in [0.15, 0.2) is 0 Å². The van der Waals surface area contributed by atoms with Gasteiger partial charge in [-0.2, -0.15) is 0 Å². The first-order valence-corrected chi connectivity index (χ1v) is 9.54. The van der Waals surface area contributed by atoms with Crippen molar-refractivity contribution < 1.29 is 14.3 Å². The molecule has 0 radical (unpaired) electrons. The molecule has 138 valence electrons. The molecule has 0 aliphatic carbocycles. The number of hydrogen-bond acceptors (Lipinski definition) is 3. The molecule has 4 nitrogen and oxygen atoms in total. The minimum atomic E-state index is -0.399. The maximum absolute atomic E-state index is 11.4. The number of ether oxygens (including phenoxy) is 1. The van der Waals surface area contributed by atoms with E-state index in [1.165, 1.54) is 77.7 Å². The van der Waals surface area contributed by atoms with Crippen LogP contribution >= 0.6 is 0 Å². The van der Waals surface area contributed by atoms with Crippen molar-refractivity contribution in [2.45, 2.75) is 96.8 Å². The predicted octanol–water partition coefficient (Wildman–Crippen LogP) is 4.11. The van der Waals surface area contributed by atoms with Crippen LogP contribution in [0, 0.1) is 0 Å². The molecule has 0 aliphatic rings. The zero-order chi connectivity index (χ0) is 17.2. The standard InChI is InChI=1S/C19H37NO3.Na.H/c1-3-4-5-6-7-8-9-10-11-12-13-14-15-16-18(21)20-17-19(22)23-2;;/h3-17H2,1-2H3,(H,20,21);;. The van der Waals surface area contributed by atoms with Gasteiger partial charge in [0.2, 0.25) is 5.91 Å². The van der Waals surface area contributed by atoms with E-state index in [1.54, 1.807) is 0 Å². The van der Waals surface area contributed by atoms with Gasteiger partial charge in [0.05, 0.1) is 7.11 Å². The van der Waals surface area contributed by atoms with Crippen LogP contribution < -0.4 is 5.32 Å². The minimum absolute atomic E-state index is 0. The zero-order valence-corrected chi connectivity index (χ0v) is 15.3. The quantitative estimate of drug-likeness (QED) is 0.259. The van der Waals surface area contributed by atoms with Gasteiger partial charge in [-0.3, -0.25) is 9.59 Å². The van der Waals surface area contributed by atoms with Crippen LogP contribution in [-0.2, 0) is 14.3 Å². The fourth-order valence-electron chi connectivity index (χ4n) is 2.63. The van der Waals surface area contributed by atoms with Crippen molar-refractivity contribution in [2.75, 3.05) is 13.7 Å². The van der Waals surface area contributed by atoms with Gasteiger partial charge in [0.25, 0.3) is 0 Å². The second-order valence-electron chi connectivity index (χ2n) is 6.35. The Morgan fingerprint density at radius 3 is 1.58 bits per heavy atom. The number of carbonyl (C=O) groups is 2. The van der Waals surface area contributed by atoms with Gasteiger partial charge in [0.1, 0.15) is 6.54 Å². The normalized spacial score (nSPS) is 10.1. The van der Waals surface area contributed by atoms with E-state index in [-0.39, 0.29) is 42.0 Å². The Labute approximate surface area is 171 Å². The molecule has 0 aromatic rings. The van der Waals surface area contributed by atoms with E-state index in [1.807, 2.05) is 0 Å². The van der Waals surface area contributed by atoms with Crippen LogP contribution in [0.1, 0.15) is 96.8 Å². The van der Waals surface area contributed by atoms with Crippen molar-refractivity contribution in [1.82, 2.24) is 5.32 Å². The molecule has 0 aromatic heterocycles. The summed E-state index contributed by atoms with van der Waals surface area (Å²) >= 11 is 0. The first-order chi connectivity index (χ1) is 11.2. The van der Waals surface area contributed by atoms with E-state index in [0.717, 1.165) is 12.8 Å². The Balaban J connectivity index is 0. The second kappa shape index (κ2) is 21.0. The summed E-state index contributed by atoms with van der Waals surface area (Å²) in [5.74, 6) is -0.456. The molecular formula is C19H38NNaO3. The molecule has 5 heteroatoms. The summed E-state index contributed by atoms with van der Waals surface area (Å²) in [6, 6.07) is 0. The van der Waals surface area contributed by atoms with Crippen molar-refractivity contribution in [1.29, 1.82) is 0 Å². The number of hydrogen-bond donors (Lipinski definition) is 1. The van der Waals surface area contributed by atoms with Gasteiger partial charge in [-0.25, -0.2) is 0 Å². The molecule has 1 N–H and O–H groups in total. The predicted molar refractivity (Wildman–Crippen MR) is 102 cm³/mol. The summed E-state index contributed by atoms with van der Waals surface area (Å²) in [5.41, 5.74) is 0. The zero-order valence-electron chi connectivity index (χ0n) is 15.3. The summed E-state index contributed by atoms with van der Waals surface area (Å²) < 4.78 is 4.47. The van der Waals surface area contributed by atoms with Gasteiger partial charge in [-0.15, -0.1) is 0 Å². The van der Waals surface area contributed by atoms with E-state index in [4.69, 9.17) is 0 Å². The third kappa shape index (κ3) is 20.0. The van der Waals surface area contributed by atoms with E-state index in [2.05, 4.69) is 17.0 Å². The monoisotopic (exact) mass is 351 g/mol. The van der Waals surface area contributed by atoms with E-state index < -0.39 is 5.97 Å². The number of amides is 1. The Bertz CT molecular complexity index is 298. The second-order valence-corrected chi connectivity index (χ2v) is 6.35. The van der Waals surface area contributed by atoms with Gasteiger partial charge in [0.15, 0.2) is 0 Å². The SMILES string of the molecule is CCCCCCCCCCCCCCCC(=O)NCC(=O)OC.[NaH]. The molecular weight excluding hydrogens is 313 g/mol. The molecule has 1 amide bonds. The molecule has 0 rings (SSSR count). The number of esters is 1. The first-order valence-electron chi connectivity index (χ1n) is 9.54. The Morgan fingerprint density at radius 2 is 1.17 bits per heavy atom. The molecule has 0 heterocycles. The number of carbonyl (C=O) groups excluding carboxylic acids is 2. The summed E-state index contributed by atoms with van der Waals surface area (Å²) in [7, 11) is 1.32. The van der Waals surface area contributed by atoms with Gasteiger partial charge in [-0.05, 0) is 6.42 Å². The third-order valence-electron chi connectivity index (χ3n) is 4.16. The number of nitrogens with one attached hydrogen (secondary N) is 1. The first kappa shape index (κ1) is 26.2. The van der Waals surface area contributed by atoms with Crippen molar-refractivity contribution in [2.24, 2.45) is 0 Å². The summed E-state index contributed by atoms with van der Waals surface area (Å²) in [4.78, 5) is 22.3. The van der Waals surface area contributed by atoms with Gasteiger partial charge in [-0.1, -0.05) is 84.0 Å². The molecule has 0 atom stereocenters. The molecule has 0 saturated carbocycles. The molecule has 0 fully saturated rings. The van der Waals surface area contributed by atoms with Crippen LogP contribution in [-0.4, -0.2) is 55.1 Å². The van der Waals surface area contributed by atoms with Crippen molar-refractivity contribution >= 4 is 41.4 Å². The van der Waals surface area contributed by atoms with Crippen LogP contribution in [0.3, 0.4) is 0 Å². The number of methoxy groups -OCH3 is 1. The summed E-state index contributed by atoms with van der Waals surface area (Å²) in [5, 5.41) is 2.56. The van der Waals surface area contributed by atoms with Crippen molar-refractivity contribution in [3.8, 4) is 0 Å². The molecule has 24 heavy (non-hydrogen) atoms. The number of unbranched alkanes of at least 4 members (excludes halogenated alkanes) is 12. The molecule has 0 saturated heterocycles. The van der Waals surface area contributed by atoms with E-state index in [0.29, 0.717) is 6.42 Å². The van der Waals surface area contributed by atoms with Crippen LogP contribution in [0.25, 0.3) is 0 Å². The van der Waals surface area contributed by atoms with Crippen molar-refractivity contribution in [3.05, 3.63) is 0 Å². The molecule has 0 unspecified atom stereocenters. The molecule has 0 aliphatic heterocycles. The van der Waals surface area contributed by atoms with E-state index >= 15 is 0 Å². The number of rotatable bonds is 16. The van der Waals surface area contributed by atoms with Crippen LogP contribution in [0.2, 0.25) is 0 Å². The fraction of sp³-hybridized carbons (Fsp3) is 0.895. The van der Waals surface area contributed by atoms with Crippen LogP contribution in [0.5, 0.6) is 0 Å².